The van der Waals surface area contributed by atoms with Gasteiger partial charge >= 0.3 is 0 Å². The summed E-state index contributed by atoms with van der Waals surface area (Å²) in [6.45, 7) is 10.2. The molecule has 1 atom stereocenters. The molecule has 0 aromatic heterocycles. The van der Waals surface area contributed by atoms with Crippen LogP contribution < -0.4 is 21.3 Å². The summed E-state index contributed by atoms with van der Waals surface area (Å²) in [4.78, 5) is 45.7. The fourth-order valence-electron chi connectivity index (χ4n) is 2.94. The molecule has 12 heteroatoms. The molecule has 3 amide bonds. The Hall–Kier alpha value is -2.12. The van der Waals surface area contributed by atoms with E-state index in [1.807, 2.05) is 13.8 Å². The lowest BCUT2D eigenvalue weighted by molar-refractivity contribution is -0.127. The van der Waals surface area contributed by atoms with E-state index in [4.69, 9.17) is 18.9 Å². The fourth-order valence-corrected chi connectivity index (χ4v) is 2.94. The average molecular weight is 519 g/mol. The Morgan fingerprint density at radius 1 is 0.639 bits per heavy atom. The van der Waals surface area contributed by atoms with Gasteiger partial charge in [-0.3, -0.25) is 19.2 Å². The molecule has 0 heterocycles. The Kier molecular flexibility index (Phi) is 21.9. The van der Waals surface area contributed by atoms with E-state index in [2.05, 4.69) is 21.3 Å². The molecule has 0 saturated carbocycles. The summed E-state index contributed by atoms with van der Waals surface area (Å²) in [5.41, 5.74) is 0. The SMILES string of the molecule is CC(=O)NCCOCCOCC(=O)NCCOCCOCC(=O)NCCCC[C@H](NC(C)C)C(C)=O. The van der Waals surface area contributed by atoms with Crippen LogP contribution in [0.1, 0.15) is 47.0 Å². The van der Waals surface area contributed by atoms with E-state index in [1.54, 1.807) is 6.92 Å². The molecular formula is C24H46N4O8. The number of carbonyl (C=O) groups excluding carboxylic acids is 4. The third kappa shape index (κ3) is 23.6. The molecule has 4 N–H and O–H groups in total. The molecule has 12 nitrogen and oxygen atoms in total. The van der Waals surface area contributed by atoms with Crippen molar-refractivity contribution in [2.24, 2.45) is 0 Å². The van der Waals surface area contributed by atoms with Gasteiger partial charge in [-0.1, -0.05) is 13.8 Å². The normalized spacial score (nSPS) is 11.8. The van der Waals surface area contributed by atoms with Crippen molar-refractivity contribution in [1.82, 2.24) is 21.3 Å². The summed E-state index contributed by atoms with van der Waals surface area (Å²) < 4.78 is 21.1. The second-order valence-corrected chi connectivity index (χ2v) is 8.49. The summed E-state index contributed by atoms with van der Waals surface area (Å²) in [6.07, 6.45) is 2.39. The maximum absolute atomic E-state index is 11.8. The van der Waals surface area contributed by atoms with Crippen LogP contribution in [0.15, 0.2) is 0 Å². The van der Waals surface area contributed by atoms with E-state index in [0.29, 0.717) is 46.1 Å². The molecule has 0 fully saturated rings. The zero-order chi connectivity index (χ0) is 27.0. The van der Waals surface area contributed by atoms with Gasteiger partial charge in [0, 0.05) is 32.6 Å². The van der Waals surface area contributed by atoms with Crippen molar-refractivity contribution in [2.45, 2.75) is 59.0 Å². The van der Waals surface area contributed by atoms with Crippen molar-refractivity contribution >= 4 is 23.5 Å². The van der Waals surface area contributed by atoms with Gasteiger partial charge in [-0.05, 0) is 26.2 Å². The van der Waals surface area contributed by atoms with E-state index in [1.165, 1.54) is 6.92 Å². The maximum Gasteiger partial charge on any atom is 0.246 e. The number of rotatable bonds is 24. The van der Waals surface area contributed by atoms with Gasteiger partial charge in [0.05, 0.1) is 45.7 Å². The molecule has 0 aliphatic heterocycles. The number of hydrogen-bond acceptors (Lipinski definition) is 9. The van der Waals surface area contributed by atoms with Crippen LogP contribution in [0.4, 0.5) is 0 Å². The van der Waals surface area contributed by atoms with E-state index < -0.39 is 0 Å². The fraction of sp³-hybridized carbons (Fsp3) is 0.833. The first-order valence-corrected chi connectivity index (χ1v) is 12.6. The van der Waals surface area contributed by atoms with Gasteiger partial charge in [-0.25, -0.2) is 0 Å². The number of nitrogens with one attached hydrogen (secondary N) is 4. The second kappa shape index (κ2) is 23.3. The standard InChI is InChI=1S/C24H46N4O8/c1-19(2)28-22(20(3)29)7-5-6-8-26-23(31)17-35-16-14-34-12-10-27-24(32)18-36-15-13-33-11-9-25-21(4)30/h19,22,28H,5-18H2,1-4H3,(H,25,30)(H,26,31)(H,27,32)/t22-/m0/s1. The quantitative estimate of drug-likeness (QED) is 0.124. The molecular weight excluding hydrogens is 472 g/mol. The van der Waals surface area contributed by atoms with Crippen molar-refractivity contribution in [1.29, 1.82) is 0 Å². The van der Waals surface area contributed by atoms with Gasteiger partial charge in [0.2, 0.25) is 17.7 Å². The molecule has 0 unspecified atom stereocenters. The largest absolute Gasteiger partial charge is 0.377 e. The van der Waals surface area contributed by atoms with Crippen LogP contribution in [0, 0.1) is 0 Å². The molecule has 0 rings (SSSR count). The summed E-state index contributed by atoms with van der Waals surface area (Å²) >= 11 is 0. The van der Waals surface area contributed by atoms with Crippen molar-refractivity contribution in [3.8, 4) is 0 Å². The number of unbranched alkanes of at least 4 members (excludes halogenated alkanes) is 1. The van der Waals surface area contributed by atoms with E-state index in [9.17, 15) is 19.2 Å². The molecule has 0 aromatic carbocycles. The molecule has 0 aliphatic rings. The monoisotopic (exact) mass is 518 g/mol. The van der Waals surface area contributed by atoms with Crippen molar-refractivity contribution < 1.29 is 38.1 Å². The number of hydrogen-bond donors (Lipinski definition) is 4. The van der Waals surface area contributed by atoms with E-state index >= 15 is 0 Å². The Morgan fingerprint density at radius 2 is 1.14 bits per heavy atom. The summed E-state index contributed by atoms with van der Waals surface area (Å²) in [5.74, 6) is -0.416. The highest BCUT2D eigenvalue weighted by Crippen LogP contribution is 2.03. The zero-order valence-electron chi connectivity index (χ0n) is 22.3. The smallest absolute Gasteiger partial charge is 0.246 e. The lowest BCUT2D eigenvalue weighted by Gasteiger charge is -2.18. The molecule has 0 aliphatic carbocycles. The van der Waals surface area contributed by atoms with Crippen LogP contribution in [0.3, 0.4) is 0 Å². The molecule has 0 bridgehead atoms. The lowest BCUT2D eigenvalue weighted by atomic mass is 10.1. The average Bonchev–Trinajstić information content (AvgIpc) is 2.80. The molecule has 36 heavy (non-hydrogen) atoms. The minimum atomic E-state index is -0.252. The highest BCUT2D eigenvalue weighted by molar-refractivity contribution is 5.81. The Bertz CT molecular complexity index is 619. The topological polar surface area (TPSA) is 153 Å². The first kappa shape index (κ1) is 33.9. The van der Waals surface area contributed by atoms with Crippen LogP contribution in [-0.2, 0) is 38.1 Å². The molecule has 0 aromatic rings. The van der Waals surface area contributed by atoms with Gasteiger partial charge in [0.25, 0.3) is 0 Å². The minimum absolute atomic E-state index is 0.0423. The summed E-state index contributed by atoms with van der Waals surface area (Å²) in [7, 11) is 0. The number of amides is 3. The van der Waals surface area contributed by atoms with Crippen LogP contribution in [0.2, 0.25) is 0 Å². The number of ether oxygens (including phenoxy) is 4. The Morgan fingerprint density at radius 3 is 1.64 bits per heavy atom. The van der Waals surface area contributed by atoms with Crippen LogP contribution in [0.5, 0.6) is 0 Å². The van der Waals surface area contributed by atoms with Crippen molar-refractivity contribution in [3.63, 3.8) is 0 Å². The van der Waals surface area contributed by atoms with Crippen LogP contribution in [-0.4, -0.2) is 108 Å². The second-order valence-electron chi connectivity index (χ2n) is 8.49. The lowest BCUT2D eigenvalue weighted by Crippen LogP contribution is -2.39. The number of Topliss-reactive ketones (excluding diaryl/α,β-unsaturated/α-hetero) is 1. The van der Waals surface area contributed by atoms with Gasteiger partial charge in [-0.15, -0.1) is 0 Å². The Balaban J connectivity index is 3.45. The van der Waals surface area contributed by atoms with Gasteiger partial charge in [0.15, 0.2) is 0 Å². The van der Waals surface area contributed by atoms with Gasteiger partial charge < -0.3 is 40.2 Å². The minimum Gasteiger partial charge on any atom is -0.377 e. The van der Waals surface area contributed by atoms with Crippen LogP contribution >= 0.6 is 0 Å². The molecule has 0 radical (unpaired) electrons. The van der Waals surface area contributed by atoms with E-state index in [0.717, 1.165) is 19.3 Å². The third-order valence-electron chi connectivity index (χ3n) is 4.67. The van der Waals surface area contributed by atoms with Crippen molar-refractivity contribution in [2.75, 3.05) is 72.5 Å². The summed E-state index contributed by atoms with van der Waals surface area (Å²) in [5, 5.41) is 11.3. The molecule has 0 spiro atoms. The van der Waals surface area contributed by atoms with Gasteiger partial charge in [0.1, 0.15) is 19.0 Å². The first-order valence-electron chi connectivity index (χ1n) is 12.6. The predicted molar refractivity (Wildman–Crippen MR) is 135 cm³/mol. The van der Waals surface area contributed by atoms with Gasteiger partial charge in [-0.2, -0.15) is 0 Å². The first-order chi connectivity index (χ1) is 17.2. The molecule has 0 saturated heterocycles. The van der Waals surface area contributed by atoms with Crippen LogP contribution in [0.25, 0.3) is 0 Å². The predicted octanol–water partition coefficient (Wildman–Crippen LogP) is -0.453. The maximum atomic E-state index is 11.8. The Labute approximate surface area is 214 Å². The third-order valence-corrected chi connectivity index (χ3v) is 4.67. The molecule has 210 valence electrons. The number of ketones is 1. The number of carbonyl (C=O) groups is 4. The van der Waals surface area contributed by atoms with Crippen molar-refractivity contribution in [3.05, 3.63) is 0 Å². The summed E-state index contributed by atoms with van der Waals surface area (Å²) in [6, 6.07) is 0.119. The highest BCUT2D eigenvalue weighted by atomic mass is 16.5. The zero-order valence-corrected chi connectivity index (χ0v) is 22.3. The highest BCUT2D eigenvalue weighted by Gasteiger charge is 2.14. The van der Waals surface area contributed by atoms with E-state index in [-0.39, 0.29) is 62.0 Å².